The Bertz CT molecular complexity index is 559. The fourth-order valence-electron chi connectivity index (χ4n) is 3.11. The van der Waals surface area contributed by atoms with Gasteiger partial charge in [0.05, 0.1) is 0 Å². The topological polar surface area (TPSA) is 85.2 Å². The van der Waals surface area contributed by atoms with Crippen LogP contribution in [0.2, 0.25) is 0 Å². The van der Waals surface area contributed by atoms with Crippen molar-refractivity contribution in [2.24, 2.45) is 5.73 Å². The first-order valence-corrected chi connectivity index (χ1v) is 7.90. The third kappa shape index (κ3) is 3.29. The van der Waals surface area contributed by atoms with Crippen molar-refractivity contribution in [3.63, 3.8) is 0 Å². The summed E-state index contributed by atoms with van der Waals surface area (Å²) in [7, 11) is 0. The number of rotatable bonds is 5. The molecule has 0 aliphatic heterocycles. The molecular formula is C14H23N7. The third-order valence-corrected chi connectivity index (χ3v) is 4.22. The van der Waals surface area contributed by atoms with E-state index in [-0.39, 0.29) is 0 Å². The van der Waals surface area contributed by atoms with Gasteiger partial charge in [0, 0.05) is 12.6 Å². The van der Waals surface area contributed by atoms with E-state index in [1.54, 1.807) is 0 Å². The molecule has 3 rings (SSSR count). The molecular weight excluding hydrogens is 266 g/mol. The summed E-state index contributed by atoms with van der Waals surface area (Å²) in [6.45, 7) is 1.65. The Kier molecular flexibility index (Phi) is 4.59. The number of tetrazole rings is 1. The van der Waals surface area contributed by atoms with Crippen molar-refractivity contribution in [1.82, 2.24) is 25.3 Å². The van der Waals surface area contributed by atoms with E-state index in [0.29, 0.717) is 18.2 Å². The maximum atomic E-state index is 5.70. The molecule has 0 amide bonds. The SMILES string of the molecule is NCCCN(c1ccc2nnnn2n1)C1CCCCCC1. The molecule has 1 aliphatic rings. The highest BCUT2D eigenvalue weighted by molar-refractivity contribution is 5.45. The van der Waals surface area contributed by atoms with Crippen molar-refractivity contribution in [2.75, 3.05) is 18.0 Å². The van der Waals surface area contributed by atoms with Crippen LogP contribution in [0.25, 0.3) is 5.65 Å². The quantitative estimate of drug-likeness (QED) is 0.837. The van der Waals surface area contributed by atoms with E-state index in [9.17, 15) is 0 Å². The normalized spacial score (nSPS) is 17.0. The molecule has 7 nitrogen and oxygen atoms in total. The van der Waals surface area contributed by atoms with Gasteiger partial charge in [0.1, 0.15) is 0 Å². The molecule has 2 aromatic rings. The Labute approximate surface area is 124 Å². The minimum Gasteiger partial charge on any atom is -0.352 e. The Balaban J connectivity index is 1.85. The molecule has 0 saturated heterocycles. The summed E-state index contributed by atoms with van der Waals surface area (Å²) in [6.07, 6.45) is 8.75. The molecule has 0 aromatic carbocycles. The van der Waals surface area contributed by atoms with Crippen LogP contribution in [-0.2, 0) is 0 Å². The van der Waals surface area contributed by atoms with Crippen LogP contribution in [0.1, 0.15) is 44.9 Å². The molecule has 114 valence electrons. The average Bonchev–Trinajstić information content (AvgIpc) is 2.81. The summed E-state index contributed by atoms with van der Waals surface area (Å²) >= 11 is 0. The molecule has 7 heteroatoms. The Morgan fingerprint density at radius 3 is 2.76 bits per heavy atom. The van der Waals surface area contributed by atoms with Crippen molar-refractivity contribution in [3.8, 4) is 0 Å². The number of nitrogens with two attached hydrogens (primary N) is 1. The molecule has 2 aromatic heterocycles. The predicted molar refractivity (Wildman–Crippen MR) is 81.1 cm³/mol. The van der Waals surface area contributed by atoms with Gasteiger partial charge in [-0.15, -0.1) is 14.8 Å². The smallest absolute Gasteiger partial charge is 0.200 e. The standard InChI is InChI=1S/C14H23N7/c15-10-5-11-20(12-6-3-1-2-4-7-12)14-9-8-13-16-18-19-21(13)17-14/h8-9,12H,1-7,10-11,15H2. The van der Waals surface area contributed by atoms with Crippen LogP contribution in [0.3, 0.4) is 0 Å². The summed E-state index contributed by atoms with van der Waals surface area (Å²) < 4.78 is 1.50. The van der Waals surface area contributed by atoms with Crippen molar-refractivity contribution < 1.29 is 0 Å². The summed E-state index contributed by atoms with van der Waals surface area (Å²) in [5, 5.41) is 16.0. The average molecular weight is 289 g/mol. The number of hydrogen-bond acceptors (Lipinski definition) is 6. The molecule has 1 fully saturated rings. The van der Waals surface area contributed by atoms with Gasteiger partial charge in [0.2, 0.25) is 0 Å². The van der Waals surface area contributed by atoms with Crippen LogP contribution >= 0.6 is 0 Å². The highest BCUT2D eigenvalue weighted by Crippen LogP contribution is 2.25. The first-order chi connectivity index (χ1) is 10.4. The van der Waals surface area contributed by atoms with E-state index in [0.717, 1.165) is 18.8 Å². The molecule has 0 atom stereocenters. The van der Waals surface area contributed by atoms with Crippen molar-refractivity contribution >= 4 is 11.5 Å². The summed E-state index contributed by atoms with van der Waals surface area (Å²) in [6, 6.07) is 4.50. The monoisotopic (exact) mass is 289 g/mol. The van der Waals surface area contributed by atoms with Crippen molar-refractivity contribution in [1.29, 1.82) is 0 Å². The Hall–Kier alpha value is -1.76. The summed E-state index contributed by atoms with van der Waals surface area (Å²) in [5.74, 6) is 0.954. The summed E-state index contributed by atoms with van der Waals surface area (Å²) in [5.41, 5.74) is 6.38. The second-order valence-corrected chi connectivity index (χ2v) is 5.70. The van der Waals surface area contributed by atoms with Gasteiger partial charge in [0.15, 0.2) is 11.5 Å². The molecule has 1 saturated carbocycles. The van der Waals surface area contributed by atoms with Gasteiger partial charge < -0.3 is 10.6 Å². The molecule has 2 N–H and O–H groups in total. The molecule has 2 heterocycles. The van der Waals surface area contributed by atoms with Gasteiger partial charge in [-0.1, -0.05) is 25.7 Å². The molecule has 0 unspecified atom stereocenters. The summed E-state index contributed by atoms with van der Waals surface area (Å²) in [4.78, 5) is 2.40. The fraction of sp³-hybridized carbons (Fsp3) is 0.714. The second-order valence-electron chi connectivity index (χ2n) is 5.70. The van der Waals surface area contributed by atoms with E-state index < -0.39 is 0 Å². The van der Waals surface area contributed by atoms with E-state index in [1.807, 2.05) is 12.1 Å². The lowest BCUT2D eigenvalue weighted by Crippen LogP contribution is -2.37. The zero-order valence-corrected chi connectivity index (χ0v) is 12.4. The number of fused-ring (bicyclic) bond motifs is 1. The van der Waals surface area contributed by atoms with Gasteiger partial charge in [-0.2, -0.15) is 0 Å². The lowest BCUT2D eigenvalue weighted by Gasteiger charge is -2.32. The minimum atomic E-state index is 0.556. The van der Waals surface area contributed by atoms with E-state index in [4.69, 9.17) is 5.73 Å². The van der Waals surface area contributed by atoms with E-state index in [1.165, 1.54) is 43.2 Å². The zero-order chi connectivity index (χ0) is 14.5. The van der Waals surface area contributed by atoms with Gasteiger partial charge >= 0.3 is 0 Å². The number of anilines is 1. The zero-order valence-electron chi connectivity index (χ0n) is 12.4. The van der Waals surface area contributed by atoms with Gasteiger partial charge in [0.25, 0.3) is 0 Å². The predicted octanol–water partition coefficient (Wildman–Crippen LogP) is 1.40. The fourth-order valence-corrected chi connectivity index (χ4v) is 3.11. The van der Waals surface area contributed by atoms with Crippen LogP contribution in [0, 0.1) is 0 Å². The van der Waals surface area contributed by atoms with Gasteiger partial charge in [-0.25, -0.2) is 0 Å². The first kappa shape index (κ1) is 14.2. The maximum Gasteiger partial charge on any atom is 0.200 e. The lowest BCUT2D eigenvalue weighted by atomic mass is 10.1. The number of hydrogen-bond donors (Lipinski definition) is 1. The van der Waals surface area contributed by atoms with E-state index in [2.05, 4.69) is 25.5 Å². The number of nitrogens with zero attached hydrogens (tertiary/aromatic N) is 6. The van der Waals surface area contributed by atoms with Crippen molar-refractivity contribution in [3.05, 3.63) is 12.1 Å². The lowest BCUT2D eigenvalue weighted by molar-refractivity contribution is 0.510. The van der Waals surface area contributed by atoms with Gasteiger partial charge in [-0.3, -0.25) is 0 Å². The number of aromatic nitrogens is 5. The molecule has 1 aliphatic carbocycles. The van der Waals surface area contributed by atoms with Crippen LogP contribution in [0.4, 0.5) is 5.82 Å². The third-order valence-electron chi connectivity index (χ3n) is 4.22. The molecule has 0 bridgehead atoms. The van der Waals surface area contributed by atoms with Crippen LogP contribution < -0.4 is 10.6 Å². The molecule has 21 heavy (non-hydrogen) atoms. The highest BCUT2D eigenvalue weighted by Gasteiger charge is 2.21. The minimum absolute atomic E-state index is 0.556. The van der Waals surface area contributed by atoms with E-state index >= 15 is 0 Å². The first-order valence-electron chi connectivity index (χ1n) is 7.90. The van der Waals surface area contributed by atoms with Crippen LogP contribution in [-0.4, -0.2) is 44.4 Å². The van der Waals surface area contributed by atoms with Crippen LogP contribution in [0.15, 0.2) is 12.1 Å². The Morgan fingerprint density at radius 1 is 1.19 bits per heavy atom. The largest absolute Gasteiger partial charge is 0.352 e. The van der Waals surface area contributed by atoms with Crippen molar-refractivity contribution in [2.45, 2.75) is 51.0 Å². The second kappa shape index (κ2) is 6.80. The molecule has 0 spiro atoms. The Morgan fingerprint density at radius 2 is 2.00 bits per heavy atom. The van der Waals surface area contributed by atoms with Gasteiger partial charge in [-0.05, 0) is 48.4 Å². The molecule has 0 radical (unpaired) electrons. The maximum absolute atomic E-state index is 5.70. The van der Waals surface area contributed by atoms with Crippen LogP contribution in [0.5, 0.6) is 0 Å². The highest BCUT2D eigenvalue weighted by atomic mass is 15.6.